The van der Waals surface area contributed by atoms with Crippen molar-refractivity contribution in [1.82, 2.24) is 6.15 Å². The summed E-state index contributed by atoms with van der Waals surface area (Å²) in [6.45, 7) is 3.57. The van der Waals surface area contributed by atoms with Crippen LogP contribution >= 0.6 is 0 Å². The number of aliphatic hydroxyl groups excluding tert-OH is 1. The maximum atomic E-state index is 9.45. The zero-order valence-corrected chi connectivity index (χ0v) is 7.11. The summed E-state index contributed by atoms with van der Waals surface area (Å²) in [6, 6.07) is 9.59. The zero-order valence-electron chi connectivity index (χ0n) is 7.11. The zero-order chi connectivity index (χ0) is 8.10. The number of rotatable bonds is 3. The second-order valence-corrected chi connectivity index (χ2v) is 2.45. The lowest BCUT2D eigenvalue weighted by atomic mass is 10.1. The molecule has 4 N–H and O–H groups in total. The van der Waals surface area contributed by atoms with Crippen molar-refractivity contribution >= 4 is 0 Å². The van der Waals surface area contributed by atoms with Crippen LogP contribution < -0.4 is 6.15 Å². The first kappa shape index (κ1) is 10.9. The highest BCUT2D eigenvalue weighted by Crippen LogP contribution is 2.15. The average molecular weight is 165 g/mol. The average Bonchev–Trinajstić information content (AvgIpc) is 2.07. The van der Waals surface area contributed by atoms with Gasteiger partial charge < -0.3 is 11.3 Å². The highest BCUT2D eigenvalue weighted by atomic mass is 16.3. The monoisotopic (exact) mass is 165 g/mol. The summed E-state index contributed by atoms with van der Waals surface area (Å²) in [6.07, 6.45) is 1.94. The fourth-order valence-corrected chi connectivity index (χ4v) is 0.969. The van der Waals surface area contributed by atoms with Gasteiger partial charge in [0.25, 0.3) is 0 Å². The Bertz CT molecular complexity index is 221. The van der Waals surface area contributed by atoms with E-state index in [1.54, 1.807) is 6.08 Å². The van der Waals surface area contributed by atoms with Crippen molar-refractivity contribution in [3.8, 4) is 0 Å². The van der Waals surface area contributed by atoms with Gasteiger partial charge in [0.15, 0.2) is 0 Å². The van der Waals surface area contributed by atoms with Gasteiger partial charge in [0.2, 0.25) is 0 Å². The molecule has 1 aromatic carbocycles. The summed E-state index contributed by atoms with van der Waals surface area (Å²) in [5.74, 6) is 0. The summed E-state index contributed by atoms with van der Waals surface area (Å²) >= 11 is 0. The van der Waals surface area contributed by atoms with Gasteiger partial charge in [-0.2, -0.15) is 0 Å². The predicted molar refractivity (Wildman–Crippen MR) is 51.2 cm³/mol. The Hall–Kier alpha value is -1.12. The molecule has 2 nitrogen and oxygen atoms in total. The second kappa shape index (κ2) is 5.52. The lowest BCUT2D eigenvalue weighted by Crippen LogP contribution is -1.93. The van der Waals surface area contributed by atoms with E-state index in [1.807, 2.05) is 30.3 Å². The minimum Gasteiger partial charge on any atom is -0.388 e. The fraction of sp³-hybridized carbons (Fsp3) is 0.200. The Kier molecular flexibility index (Phi) is 5.00. The largest absolute Gasteiger partial charge is 0.388 e. The number of aliphatic hydroxyl groups is 1. The molecule has 0 heterocycles. The van der Waals surface area contributed by atoms with Gasteiger partial charge in [-0.05, 0) is 12.0 Å². The van der Waals surface area contributed by atoms with Crippen LogP contribution in [0.15, 0.2) is 43.0 Å². The number of hydrogen-bond donors (Lipinski definition) is 2. The molecule has 0 radical (unpaired) electrons. The van der Waals surface area contributed by atoms with Gasteiger partial charge in [-0.15, -0.1) is 6.58 Å². The van der Waals surface area contributed by atoms with Crippen LogP contribution in [0.1, 0.15) is 18.1 Å². The van der Waals surface area contributed by atoms with Gasteiger partial charge in [-0.1, -0.05) is 36.4 Å². The molecule has 66 valence electrons. The van der Waals surface area contributed by atoms with Crippen LogP contribution in [0.25, 0.3) is 0 Å². The molecule has 1 unspecified atom stereocenters. The molecule has 1 aromatic rings. The minimum atomic E-state index is -0.395. The molecule has 0 saturated carbocycles. The highest BCUT2D eigenvalue weighted by Gasteiger charge is 2.02. The van der Waals surface area contributed by atoms with Crippen LogP contribution in [0.5, 0.6) is 0 Å². The smallest absolute Gasteiger partial charge is 0.0824 e. The Morgan fingerprint density at radius 3 is 2.42 bits per heavy atom. The van der Waals surface area contributed by atoms with Crippen LogP contribution in [0.2, 0.25) is 0 Å². The molecule has 0 bridgehead atoms. The first-order valence-electron chi connectivity index (χ1n) is 3.68. The third-order valence-electron chi connectivity index (χ3n) is 1.57. The van der Waals surface area contributed by atoms with Gasteiger partial charge in [-0.3, -0.25) is 0 Å². The second-order valence-electron chi connectivity index (χ2n) is 2.45. The highest BCUT2D eigenvalue weighted by molar-refractivity contribution is 5.17. The van der Waals surface area contributed by atoms with E-state index in [0.717, 1.165) is 5.56 Å². The Balaban J connectivity index is 0.00000121. The molecule has 0 amide bonds. The Morgan fingerprint density at radius 2 is 1.92 bits per heavy atom. The molecule has 2 heteroatoms. The Morgan fingerprint density at radius 1 is 1.33 bits per heavy atom. The first-order chi connectivity index (χ1) is 5.34. The van der Waals surface area contributed by atoms with Crippen molar-refractivity contribution < 1.29 is 5.11 Å². The normalized spacial score (nSPS) is 11.4. The molecule has 1 atom stereocenters. The van der Waals surface area contributed by atoms with Crippen LogP contribution in [0, 0.1) is 0 Å². The molecular formula is C10H15NO. The lowest BCUT2D eigenvalue weighted by Gasteiger charge is -2.06. The summed E-state index contributed by atoms with van der Waals surface area (Å²) in [5.41, 5.74) is 0.951. The van der Waals surface area contributed by atoms with E-state index in [1.165, 1.54) is 0 Å². The van der Waals surface area contributed by atoms with Crippen LogP contribution in [0.4, 0.5) is 0 Å². The van der Waals surface area contributed by atoms with E-state index in [4.69, 9.17) is 0 Å². The van der Waals surface area contributed by atoms with Gasteiger partial charge in [0.1, 0.15) is 0 Å². The van der Waals surface area contributed by atoms with E-state index in [9.17, 15) is 5.11 Å². The molecule has 0 aliphatic carbocycles. The molecule has 1 rings (SSSR count). The van der Waals surface area contributed by atoms with E-state index in [0.29, 0.717) is 6.42 Å². The van der Waals surface area contributed by atoms with Crippen molar-refractivity contribution in [1.29, 1.82) is 0 Å². The minimum absolute atomic E-state index is 0. The third kappa shape index (κ3) is 2.86. The molecule has 0 aliphatic rings. The lowest BCUT2D eigenvalue weighted by molar-refractivity contribution is 0.181. The Labute approximate surface area is 73.1 Å². The van der Waals surface area contributed by atoms with Crippen LogP contribution in [-0.4, -0.2) is 5.11 Å². The fourth-order valence-electron chi connectivity index (χ4n) is 0.969. The molecule has 0 aliphatic heterocycles. The van der Waals surface area contributed by atoms with Crippen molar-refractivity contribution in [3.05, 3.63) is 48.6 Å². The van der Waals surface area contributed by atoms with Gasteiger partial charge in [0.05, 0.1) is 6.10 Å². The van der Waals surface area contributed by atoms with E-state index >= 15 is 0 Å². The van der Waals surface area contributed by atoms with Gasteiger partial charge in [-0.25, -0.2) is 0 Å². The summed E-state index contributed by atoms with van der Waals surface area (Å²) in [4.78, 5) is 0. The molecule has 0 aromatic heterocycles. The van der Waals surface area contributed by atoms with Crippen molar-refractivity contribution in [2.75, 3.05) is 0 Å². The number of hydrogen-bond acceptors (Lipinski definition) is 2. The van der Waals surface area contributed by atoms with Crippen LogP contribution in [-0.2, 0) is 0 Å². The van der Waals surface area contributed by atoms with Gasteiger partial charge in [0, 0.05) is 0 Å². The molecule has 0 saturated heterocycles. The summed E-state index contributed by atoms with van der Waals surface area (Å²) in [5, 5.41) is 9.45. The standard InChI is InChI=1S/C10H12O.H3N/c1-2-6-10(11)9-7-4-3-5-8-9;/h2-5,7-8,10-11H,1,6H2;1H3. The van der Waals surface area contributed by atoms with Crippen molar-refractivity contribution in [2.45, 2.75) is 12.5 Å². The molecule has 12 heavy (non-hydrogen) atoms. The quantitative estimate of drug-likeness (QED) is 0.676. The summed E-state index contributed by atoms with van der Waals surface area (Å²) < 4.78 is 0. The van der Waals surface area contributed by atoms with E-state index in [-0.39, 0.29) is 6.15 Å². The van der Waals surface area contributed by atoms with E-state index in [2.05, 4.69) is 6.58 Å². The van der Waals surface area contributed by atoms with Crippen molar-refractivity contribution in [3.63, 3.8) is 0 Å². The van der Waals surface area contributed by atoms with Crippen molar-refractivity contribution in [2.24, 2.45) is 0 Å². The molecule has 0 spiro atoms. The summed E-state index contributed by atoms with van der Waals surface area (Å²) in [7, 11) is 0. The molecule has 0 fully saturated rings. The maximum absolute atomic E-state index is 9.45. The number of benzene rings is 1. The first-order valence-corrected chi connectivity index (χ1v) is 3.68. The third-order valence-corrected chi connectivity index (χ3v) is 1.57. The predicted octanol–water partition coefficient (Wildman–Crippen LogP) is 2.46. The molecular weight excluding hydrogens is 150 g/mol. The van der Waals surface area contributed by atoms with Crippen LogP contribution in [0.3, 0.4) is 0 Å². The topological polar surface area (TPSA) is 55.2 Å². The van der Waals surface area contributed by atoms with Gasteiger partial charge >= 0.3 is 0 Å². The SMILES string of the molecule is C=CCC(O)c1ccccc1.N. The maximum Gasteiger partial charge on any atom is 0.0824 e. The van der Waals surface area contributed by atoms with E-state index < -0.39 is 6.10 Å².